The van der Waals surface area contributed by atoms with E-state index in [4.69, 9.17) is 0 Å². The number of aromatic nitrogens is 1. The van der Waals surface area contributed by atoms with Crippen LogP contribution in [0.15, 0.2) is 36.4 Å². The van der Waals surface area contributed by atoms with E-state index in [2.05, 4.69) is 24.0 Å². The van der Waals surface area contributed by atoms with Crippen molar-refractivity contribution < 1.29 is 5.11 Å². The van der Waals surface area contributed by atoms with Crippen LogP contribution < -0.4 is 0 Å². The lowest BCUT2D eigenvalue weighted by Gasteiger charge is -2.01. The summed E-state index contributed by atoms with van der Waals surface area (Å²) >= 11 is 1.62. The Morgan fingerprint density at radius 2 is 1.72 bits per heavy atom. The number of fused-ring (bicyclic) bond motifs is 1. The standard InChI is InChI=1S/C15H13NOS/c1-9-4-6-13(17)11(7-9)15-16-12-5-3-10(2)8-14(12)18-15/h3-8,17H,1-2H3. The number of rotatable bonds is 1. The molecule has 18 heavy (non-hydrogen) atoms. The summed E-state index contributed by atoms with van der Waals surface area (Å²) in [5.74, 6) is 0.288. The predicted octanol–water partition coefficient (Wildman–Crippen LogP) is 4.29. The van der Waals surface area contributed by atoms with Crippen molar-refractivity contribution in [3.05, 3.63) is 47.5 Å². The molecule has 0 spiro atoms. The molecule has 0 aliphatic rings. The van der Waals surface area contributed by atoms with Gasteiger partial charge in [-0.25, -0.2) is 4.98 Å². The minimum Gasteiger partial charge on any atom is -0.507 e. The maximum atomic E-state index is 9.93. The summed E-state index contributed by atoms with van der Waals surface area (Å²) in [6, 6.07) is 11.8. The molecule has 0 amide bonds. The highest BCUT2D eigenvalue weighted by Gasteiger charge is 2.10. The third kappa shape index (κ3) is 1.87. The van der Waals surface area contributed by atoms with Crippen molar-refractivity contribution in [3.63, 3.8) is 0 Å². The number of hydrogen-bond donors (Lipinski definition) is 1. The van der Waals surface area contributed by atoms with Crippen LogP contribution in [0.2, 0.25) is 0 Å². The molecule has 3 rings (SSSR count). The Labute approximate surface area is 110 Å². The summed E-state index contributed by atoms with van der Waals surface area (Å²) < 4.78 is 1.16. The van der Waals surface area contributed by atoms with E-state index in [1.165, 1.54) is 5.56 Å². The van der Waals surface area contributed by atoms with Crippen LogP contribution in [0.1, 0.15) is 11.1 Å². The van der Waals surface area contributed by atoms with Gasteiger partial charge in [0.2, 0.25) is 0 Å². The van der Waals surface area contributed by atoms with Gasteiger partial charge in [0.25, 0.3) is 0 Å². The Kier molecular flexibility index (Phi) is 2.56. The van der Waals surface area contributed by atoms with Gasteiger partial charge in [-0.3, -0.25) is 0 Å². The van der Waals surface area contributed by atoms with Gasteiger partial charge in [0.1, 0.15) is 10.8 Å². The van der Waals surface area contributed by atoms with Crippen molar-refractivity contribution in [1.82, 2.24) is 4.98 Å². The van der Waals surface area contributed by atoms with E-state index in [1.807, 2.05) is 25.1 Å². The Bertz CT molecular complexity index is 730. The van der Waals surface area contributed by atoms with Crippen molar-refractivity contribution in [2.24, 2.45) is 0 Å². The van der Waals surface area contributed by atoms with Gasteiger partial charge in [-0.2, -0.15) is 0 Å². The number of phenols is 1. The Morgan fingerprint density at radius 3 is 2.56 bits per heavy atom. The topological polar surface area (TPSA) is 33.1 Å². The third-order valence-corrected chi connectivity index (χ3v) is 3.98. The number of thiazole rings is 1. The first-order valence-electron chi connectivity index (χ1n) is 5.81. The van der Waals surface area contributed by atoms with Gasteiger partial charge >= 0.3 is 0 Å². The van der Waals surface area contributed by atoms with E-state index >= 15 is 0 Å². The van der Waals surface area contributed by atoms with Gasteiger partial charge in [0.05, 0.1) is 15.8 Å². The molecule has 90 valence electrons. The zero-order chi connectivity index (χ0) is 12.7. The summed E-state index contributed by atoms with van der Waals surface area (Å²) in [5, 5.41) is 10.8. The van der Waals surface area contributed by atoms with Gasteiger partial charge in [-0.1, -0.05) is 17.7 Å². The number of aryl methyl sites for hydroxylation is 2. The second-order valence-corrected chi connectivity index (χ2v) is 5.54. The van der Waals surface area contributed by atoms with E-state index in [9.17, 15) is 5.11 Å². The zero-order valence-corrected chi connectivity index (χ0v) is 11.1. The SMILES string of the molecule is Cc1ccc(O)c(-c2nc3ccc(C)cc3s2)c1. The van der Waals surface area contributed by atoms with Crippen LogP contribution in [0.4, 0.5) is 0 Å². The molecular formula is C15H13NOS. The highest BCUT2D eigenvalue weighted by atomic mass is 32.1. The third-order valence-electron chi connectivity index (χ3n) is 2.93. The number of nitrogens with zero attached hydrogens (tertiary/aromatic N) is 1. The summed E-state index contributed by atoms with van der Waals surface area (Å²) in [6.45, 7) is 4.09. The summed E-state index contributed by atoms with van der Waals surface area (Å²) in [4.78, 5) is 4.58. The molecule has 0 aliphatic carbocycles. The highest BCUT2D eigenvalue weighted by Crippen LogP contribution is 2.35. The average Bonchev–Trinajstić information content (AvgIpc) is 2.74. The van der Waals surface area contributed by atoms with Crippen LogP contribution in [-0.4, -0.2) is 10.1 Å². The molecule has 0 fully saturated rings. The predicted molar refractivity (Wildman–Crippen MR) is 76.2 cm³/mol. The quantitative estimate of drug-likeness (QED) is 0.703. The van der Waals surface area contributed by atoms with Gasteiger partial charge in [0, 0.05) is 0 Å². The molecule has 1 N–H and O–H groups in total. The second kappa shape index (κ2) is 4.10. The summed E-state index contributed by atoms with van der Waals surface area (Å²) in [6.07, 6.45) is 0. The Morgan fingerprint density at radius 1 is 1.00 bits per heavy atom. The fraction of sp³-hybridized carbons (Fsp3) is 0.133. The van der Waals surface area contributed by atoms with E-state index in [-0.39, 0.29) is 5.75 Å². The van der Waals surface area contributed by atoms with Crippen LogP contribution in [0, 0.1) is 13.8 Å². The molecule has 0 unspecified atom stereocenters. The molecule has 0 atom stereocenters. The molecule has 2 aromatic carbocycles. The maximum Gasteiger partial charge on any atom is 0.128 e. The normalized spacial score (nSPS) is 11.0. The van der Waals surface area contributed by atoms with Gasteiger partial charge in [-0.05, 0) is 43.7 Å². The van der Waals surface area contributed by atoms with Crippen LogP contribution in [-0.2, 0) is 0 Å². The number of hydrogen-bond acceptors (Lipinski definition) is 3. The largest absolute Gasteiger partial charge is 0.507 e. The van der Waals surface area contributed by atoms with Crippen molar-refractivity contribution in [2.45, 2.75) is 13.8 Å². The fourth-order valence-electron chi connectivity index (χ4n) is 1.97. The molecular weight excluding hydrogens is 242 g/mol. The van der Waals surface area contributed by atoms with Crippen LogP contribution in [0.25, 0.3) is 20.8 Å². The monoisotopic (exact) mass is 255 g/mol. The Balaban J connectivity index is 2.22. The molecule has 2 nitrogen and oxygen atoms in total. The average molecular weight is 255 g/mol. The number of benzene rings is 2. The zero-order valence-electron chi connectivity index (χ0n) is 10.3. The van der Waals surface area contributed by atoms with Gasteiger partial charge in [0.15, 0.2) is 0 Å². The van der Waals surface area contributed by atoms with Gasteiger partial charge in [-0.15, -0.1) is 11.3 Å². The van der Waals surface area contributed by atoms with E-state index < -0.39 is 0 Å². The number of aromatic hydroxyl groups is 1. The van der Waals surface area contributed by atoms with Crippen molar-refractivity contribution >= 4 is 21.6 Å². The molecule has 0 saturated carbocycles. The lowest BCUT2D eigenvalue weighted by atomic mass is 10.1. The maximum absolute atomic E-state index is 9.93. The van der Waals surface area contributed by atoms with Gasteiger partial charge < -0.3 is 5.11 Å². The minimum atomic E-state index is 0.288. The molecule has 1 aromatic heterocycles. The fourth-order valence-corrected chi connectivity index (χ4v) is 3.06. The van der Waals surface area contributed by atoms with E-state index in [0.29, 0.717) is 0 Å². The second-order valence-electron chi connectivity index (χ2n) is 4.51. The molecule has 3 heteroatoms. The number of phenolic OH excluding ortho intramolecular Hbond substituents is 1. The Hall–Kier alpha value is -1.87. The summed E-state index contributed by atoms with van der Waals surface area (Å²) in [7, 11) is 0. The minimum absolute atomic E-state index is 0.288. The summed E-state index contributed by atoms with van der Waals surface area (Å²) in [5.41, 5.74) is 4.15. The first kappa shape index (κ1) is 11.2. The molecule has 0 radical (unpaired) electrons. The first-order valence-corrected chi connectivity index (χ1v) is 6.62. The van der Waals surface area contributed by atoms with E-state index in [1.54, 1.807) is 17.4 Å². The molecule has 0 saturated heterocycles. The van der Waals surface area contributed by atoms with Crippen LogP contribution in [0.5, 0.6) is 5.75 Å². The lowest BCUT2D eigenvalue weighted by Crippen LogP contribution is -1.79. The van der Waals surface area contributed by atoms with E-state index in [0.717, 1.165) is 26.4 Å². The van der Waals surface area contributed by atoms with Crippen LogP contribution >= 0.6 is 11.3 Å². The molecule has 3 aromatic rings. The first-order chi connectivity index (χ1) is 8.63. The smallest absolute Gasteiger partial charge is 0.128 e. The van der Waals surface area contributed by atoms with Crippen molar-refractivity contribution in [3.8, 4) is 16.3 Å². The molecule has 0 aliphatic heterocycles. The van der Waals surface area contributed by atoms with Crippen molar-refractivity contribution in [1.29, 1.82) is 0 Å². The van der Waals surface area contributed by atoms with Crippen molar-refractivity contribution in [2.75, 3.05) is 0 Å². The van der Waals surface area contributed by atoms with Crippen LogP contribution in [0.3, 0.4) is 0 Å². The lowest BCUT2D eigenvalue weighted by molar-refractivity contribution is 0.477. The molecule has 0 bridgehead atoms. The molecule has 1 heterocycles. The highest BCUT2D eigenvalue weighted by molar-refractivity contribution is 7.21.